The second-order valence-electron chi connectivity index (χ2n) is 5.22. The van der Waals surface area contributed by atoms with Crippen LogP contribution in [0.25, 0.3) is 0 Å². The van der Waals surface area contributed by atoms with Gasteiger partial charge in [-0.1, -0.05) is 49.7 Å². The quantitative estimate of drug-likeness (QED) is 0.843. The molecule has 0 spiro atoms. The number of ether oxygens (including phenoxy) is 1. The molecule has 0 saturated carbocycles. The Kier molecular flexibility index (Phi) is 5.48. The van der Waals surface area contributed by atoms with Crippen molar-refractivity contribution in [2.75, 3.05) is 0 Å². The molecule has 0 amide bonds. The fourth-order valence-corrected chi connectivity index (χ4v) is 2.16. The molecule has 2 aromatic carbocycles. The van der Waals surface area contributed by atoms with E-state index in [2.05, 4.69) is 19.2 Å². The van der Waals surface area contributed by atoms with E-state index in [0.29, 0.717) is 30.0 Å². The molecule has 0 bridgehead atoms. The summed E-state index contributed by atoms with van der Waals surface area (Å²) >= 11 is 6.24. The molecule has 2 aromatic rings. The van der Waals surface area contributed by atoms with Gasteiger partial charge in [-0.2, -0.15) is 0 Å². The van der Waals surface area contributed by atoms with Gasteiger partial charge in [0.15, 0.2) is 0 Å². The molecule has 0 aliphatic rings. The van der Waals surface area contributed by atoms with Crippen LogP contribution in [0.15, 0.2) is 42.5 Å². The molecule has 2 rings (SSSR count). The van der Waals surface area contributed by atoms with E-state index in [1.807, 2.05) is 30.3 Å². The summed E-state index contributed by atoms with van der Waals surface area (Å²) in [4.78, 5) is 0. The van der Waals surface area contributed by atoms with Gasteiger partial charge in [0.25, 0.3) is 0 Å². The minimum absolute atomic E-state index is 0.248. The zero-order valence-corrected chi connectivity index (χ0v) is 13.0. The first-order valence-corrected chi connectivity index (χ1v) is 7.35. The van der Waals surface area contributed by atoms with Crippen LogP contribution in [0.1, 0.15) is 25.0 Å². The van der Waals surface area contributed by atoms with Crippen molar-refractivity contribution < 1.29 is 9.84 Å². The highest BCUT2D eigenvalue weighted by Crippen LogP contribution is 2.29. The molecule has 0 radical (unpaired) electrons. The Morgan fingerprint density at radius 3 is 2.52 bits per heavy atom. The molecule has 4 heteroatoms. The molecule has 112 valence electrons. The number of phenolic OH excluding ortho intramolecular Hbond substituents is 1. The Hall–Kier alpha value is -1.71. The minimum atomic E-state index is 0.248. The molecule has 21 heavy (non-hydrogen) atoms. The molecule has 0 unspecified atom stereocenters. The lowest BCUT2D eigenvalue weighted by Gasteiger charge is -2.15. The number of nitrogens with one attached hydrogen (secondary N) is 1. The maximum atomic E-state index is 9.28. The van der Waals surface area contributed by atoms with Crippen LogP contribution >= 0.6 is 11.6 Å². The summed E-state index contributed by atoms with van der Waals surface area (Å²) in [5, 5.41) is 13.3. The summed E-state index contributed by atoms with van der Waals surface area (Å²) in [7, 11) is 0. The van der Waals surface area contributed by atoms with Gasteiger partial charge in [-0.05, 0) is 23.8 Å². The first-order valence-electron chi connectivity index (χ1n) is 6.97. The van der Waals surface area contributed by atoms with E-state index in [9.17, 15) is 5.11 Å². The van der Waals surface area contributed by atoms with Gasteiger partial charge >= 0.3 is 0 Å². The highest BCUT2D eigenvalue weighted by Gasteiger charge is 2.09. The fourth-order valence-electron chi connectivity index (χ4n) is 1.92. The Bertz CT molecular complexity index is 582. The van der Waals surface area contributed by atoms with Gasteiger partial charge in [0.2, 0.25) is 0 Å². The van der Waals surface area contributed by atoms with Gasteiger partial charge in [-0.25, -0.2) is 0 Å². The summed E-state index contributed by atoms with van der Waals surface area (Å²) in [5.41, 5.74) is 2.02. The van der Waals surface area contributed by atoms with Crippen LogP contribution in [0.2, 0.25) is 5.02 Å². The van der Waals surface area contributed by atoms with E-state index in [4.69, 9.17) is 16.3 Å². The van der Waals surface area contributed by atoms with E-state index in [1.165, 1.54) is 0 Å². The van der Waals surface area contributed by atoms with Gasteiger partial charge in [0, 0.05) is 18.2 Å². The highest BCUT2D eigenvalue weighted by atomic mass is 35.5. The number of hydrogen-bond acceptors (Lipinski definition) is 3. The van der Waals surface area contributed by atoms with Crippen LogP contribution in [0.4, 0.5) is 0 Å². The van der Waals surface area contributed by atoms with E-state index < -0.39 is 0 Å². The number of phenols is 1. The second-order valence-corrected chi connectivity index (χ2v) is 5.63. The highest BCUT2D eigenvalue weighted by molar-refractivity contribution is 6.32. The van der Waals surface area contributed by atoms with Gasteiger partial charge in [0.05, 0.1) is 5.02 Å². The molecule has 0 fully saturated rings. The van der Waals surface area contributed by atoms with Crippen molar-refractivity contribution >= 4 is 11.6 Å². The number of halogens is 1. The minimum Gasteiger partial charge on any atom is -0.508 e. The first kappa shape index (κ1) is 15.7. The zero-order chi connectivity index (χ0) is 15.2. The summed E-state index contributed by atoms with van der Waals surface area (Å²) in [6.07, 6.45) is 0. The standard InChI is InChI=1S/C17H20ClNO2/c1-12(2)19-10-14-4-3-5-16(18)17(14)21-11-13-6-8-15(20)9-7-13/h3-9,12,19-20H,10-11H2,1-2H3. The lowest BCUT2D eigenvalue weighted by molar-refractivity contribution is 0.302. The average Bonchev–Trinajstić information content (AvgIpc) is 2.46. The second kappa shape index (κ2) is 7.34. The number of aromatic hydroxyl groups is 1. The molecule has 0 aromatic heterocycles. The van der Waals surface area contributed by atoms with Crippen molar-refractivity contribution in [3.05, 3.63) is 58.6 Å². The van der Waals surface area contributed by atoms with Crippen LogP contribution in [0.3, 0.4) is 0 Å². The fraction of sp³-hybridized carbons (Fsp3) is 0.294. The van der Waals surface area contributed by atoms with E-state index in [0.717, 1.165) is 11.1 Å². The average molecular weight is 306 g/mol. The Morgan fingerprint density at radius 2 is 1.86 bits per heavy atom. The van der Waals surface area contributed by atoms with Crippen molar-refractivity contribution in [3.8, 4) is 11.5 Å². The predicted molar refractivity (Wildman–Crippen MR) is 85.9 cm³/mol. The monoisotopic (exact) mass is 305 g/mol. The molecule has 0 saturated heterocycles. The third kappa shape index (κ3) is 4.66. The van der Waals surface area contributed by atoms with Crippen molar-refractivity contribution in [2.45, 2.75) is 33.0 Å². The normalized spacial score (nSPS) is 10.9. The molecule has 3 nitrogen and oxygen atoms in total. The van der Waals surface area contributed by atoms with Crippen molar-refractivity contribution in [1.29, 1.82) is 0 Å². The van der Waals surface area contributed by atoms with Gasteiger partial charge < -0.3 is 15.2 Å². The molecular weight excluding hydrogens is 286 g/mol. The SMILES string of the molecule is CC(C)NCc1cccc(Cl)c1OCc1ccc(O)cc1. The van der Waals surface area contributed by atoms with E-state index in [-0.39, 0.29) is 5.75 Å². The summed E-state index contributed by atoms with van der Waals surface area (Å²) < 4.78 is 5.87. The van der Waals surface area contributed by atoms with Crippen LogP contribution < -0.4 is 10.1 Å². The van der Waals surface area contributed by atoms with Crippen LogP contribution in [0.5, 0.6) is 11.5 Å². The van der Waals surface area contributed by atoms with Gasteiger partial charge in [-0.3, -0.25) is 0 Å². The van der Waals surface area contributed by atoms with Gasteiger partial charge in [-0.15, -0.1) is 0 Å². The smallest absolute Gasteiger partial charge is 0.142 e. The Morgan fingerprint density at radius 1 is 1.14 bits per heavy atom. The molecule has 0 aliphatic heterocycles. The lowest BCUT2D eigenvalue weighted by Crippen LogP contribution is -2.22. The predicted octanol–water partition coefficient (Wildman–Crippen LogP) is 4.12. The molecular formula is C17H20ClNO2. The summed E-state index contributed by atoms with van der Waals surface area (Å²) in [6, 6.07) is 13.1. The number of rotatable bonds is 6. The number of para-hydroxylation sites is 1. The first-order chi connectivity index (χ1) is 10.1. The topological polar surface area (TPSA) is 41.5 Å². The Labute approximate surface area is 130 Å². The summed E-state index contributed by atoms with van der Waals surface area (Å²) in [5.74, 6) is 0.957. The van der Waals surface area contributed by atoms with Crippen molar-refractivity contribution in [1.82, 2.24) is 5.32 Å². The molecule has 2 N–H and O–H groups in total. The van der Waals surface area contributed by atoms with E-state index in [1.54, 1.807) is 12.1 Å². The van der Waals surface area contributed by atoms with Crippen molar-refractivity contribution in [3.63, 3.8) is 0 Å². The van der Waals surface area contributed by atoms with E-state index >= 15 is 0 Å². The maximum Gasteiger partial charge on any atom is 0.142 e. The molecule has 0 heterocycles. The maximum absolute atomic E-state index is 9.28. The molecule has 0 atom stereocenters. The number of benzene rings is 2. The van der Waals surface area contributed by atoms with Crippen LogP contribution in [-0.2, 0) is 13.2 Å². The van der Waals surface area contributed by atoms with Gasteiger partial charge in [0.1, 0.15) is 18.1 Å². The third-order valence-corrected chi connectivity index (χ3v) is 3.37. The van der Waals surface area contributed by atoms with Crippen LogP contribution in [0, 0.1) is 0 Å². The summed E-state index contributed by atoms with van der Waals surface area (Å²) in [6.45, 7) is 5.32. The number of hydrogen-bond donors (Lipinski definition) is 2. The third-order valence-electron chi connectivity index (χ3n) is 3.07. The van der Waals surface area contributed by atoms with Crippen LogP contribution in [-0.4, -0.2) is 11.1 Å². The largest absolute Gasteiger partial charge is 0.508 e. The zero-order valence-electron chi connectivity index (χ0n) is 12.3. The van der Waals surface area contributed by atoms with Crippen molar-refractivity contribution in [2.24, 2.45) is 0 Å². The lowest BCUT2D eigenvalue weighted by atomic mass is 10.2. The Balaban J connectivity index is 2.09. The molecule has 0 aliphatic carbocycles.